The van der Waals surface area contributed by atoms with Gasteiger partial charge in [-0.05, 0) is 12.8 Å². The highest BCUT2D eigenvalue weighted by molar-refractivity contribution is 5.89. The molecular formula is C13H22N2O2. The number of carbonyl (C=O) groups excluding carboxylic acids is 2. The summed E-state index contributed by atoms with van der Waals surface area (Å²) < 4.78 is 0. The molecule has 1 unspecified atom stereocenters. The molecule has 0 aromatic rings. The molecule has 0 spiro atoms. The van der Waals surface area contributed by atoms with E-state index in [0.717, 1.165) is 12.8 Å². The number of rotatable bonds is 2. The van der Waals surface area contributed by atoms with Crippen LogP contribution in [0.2, 0.25) is 0 Å². The Hall–Kier alpha value is -1.06. The molecule has 1 aliphatic carbocycles. The van der Waals surface area contributed by atoms with Crippen LogP contribution in [0, 0.1) is 5.92 Å². The molecular weight excluding hydrogens is 216 g/mol. The fraction of sp³-hybridized carbons (Fsp3) is 0.846. The van der Waals surface area contributed by atoms with Crippen LogP contribution in [0.25, 0.3) is 0 Å². The van der Waals surface area contributed by atoms with Crippen LogP contribution >= 0.6 is 0 Å². The average molecular weight is 238 g/mol. The smallest absolute Gasteiger partial charge is 0.225 e. The minimum Gasteiger partial charge on any atom is -0.355 e. The molecule has 2 aliphatic rings. The van der Waals surface area contributed by atoms with E-state index in [0.29, 0.717) is 19.0 Å². The zero-order valence-corrected chi connectivity index (χ0v) is 10.3. The van der Waals surface area contributed by atoms with E-state index in [1.807, 2.05) is 0 Å². The first-order valence-electron chi connectivity index (χ1n) is 6.83. The Morgan fingerprint density at radius 2 is 1.76 bits per heavy atom. The second kappa shape index (κ2) is 6.03. The number of hydrogen-bond donors (Lipinski definition) is 2. The van der Waals surface area contributed by atoms with Crippen molar-refractivity contribution in [1.29, 1.82) is 0 Å². The summed E-state index contributed by atoms with van der Waals surface area (Å²) in [6.45, 7) is 0.511. The molecule has 1 aliphatic heterocycles. The fourth-order valence-corrected chi connectivity index (χ4v) is 2.71. The van der Waals surface area contributed by atoms with Gasteiger partial charge < -0.3 is 10.6 Å². The number of amides is 2. The zero-order valence-electron chi connectivity index (χ0n) is 10.3. The van der Waals surface area contributed by atoms with E-state index in [1.165, 1.54) is 32.1 Å². The van der Waals surface area contributed by atoms with Crippen LogP contribution in [-0.2, 0) is 9.59 Å². The highest BCUT2D eigenvalue weighted by atomic mass is 16.2. The summed E-state index contributed by atoms with van der Waals surface area (Å²) in [5.41, 5.74) is 0. The van der Waals surface area contributed by atoms with E-state index in [4.69, 9.17) is 0 Å². The summed E-state index contributed by atoms with van der Waals surface area (Å²) in [6.07, 6.45) is 8.89. The van der Waals surface area contributed by atoms with Crippen molar-refractivity contribution >= 4 is 11.8 Å². The van der Waals surface area contributed by atoms with Gasteiger partial charge in [-0.15, -0.1) is 0 Å². The van der Waals surface area contributed by atoms with E-state index in [9.17, 15) is 9.59 Å². The second-order valence-electron chi connectivity index (χ2n) is 5.26. The lowest BCUT2D eigenvalue weighted by molar-refractivity contribution is -0.127. The van der Waals surface area contributed by atoms with Crippen LogP contribution in [0.3, 0.4) is 0 Å². The highest BCUT2D eigenvalue weighted by Gasteiger charge is 2.29. The lowest BCUT2D eigenvalue weighted by Crippen LogP contribution is -2.39. The Kier molecular flexibility index (Phi) is 4.40. The van der Waals surface area contributed by atoms with Crippen molar-refractivity contribution in [2.24, 2.45) is 5.92 Å². The van der Waals surface area contributed by atoms with Crippen molar-refractivity contribution in [2.75, 3.05) is 6.54 Å². The van der Waals surface area contributed by atoms with Gasteiger partial charge in [0.05, 0.1) is 5.92 Å². The molecule has 1 atom stereocenters. The Balaban J connectivity index is 1.78. The summed E-state index contributed by atoms with van der Waals surface area (Å²) in [4.78, 5) is 23.0. The zero-order chi connectivity index (χ0) is 12.1. The number of nitrogens with one attached hydrogen (secondary N) is 2. The van der Waals surface area contributed by atoms with Gasteiger partial charge in [0.1, 0.15) is 0 Å². The van der Waals surface area contributed by atoms with Gasteiger partial charge in [0, 0.05) is 19.0 Å². The molecule has 4 nitrogen and oxygen atoms in total. The minimum atomic E-state index is -0.145. The second-order valence-corrected chi connectivity index (χ2v) is 5.26. The molecule has 17 heavy (non-hydrogen) atoms. The summed E-state index contributed by atoms with van der Waals surface area (Å²) in [6, 6.07) is 0.332. The first-order valence-corrected chi connectivity index (χ1v) is 6.83. The van der Waals surface area contributed by atoms with Crippen molar-refractivity contribution < 1.29 is 9.59 Å². The summed E-state index contributed by atoms with van der Waals surface area (Å²) in [5.74, 6) is -0.0790. The van der Waals surface area contributed by atoms with Gasteiger partial charge in [-0.2, -0.15) is 0 Å². The van der Waals surface area contributed by atoms with Gasteiger partial charge in [0.15, 0.2) is 0 Å². The van der Waals surface area contributed by atoms with E-state index in [1.54, 1.807) is 0 Å². The van der Waals surface area contributed by atoms with Crippen LogP contribution in [-0.4, -0.2) is 24.4 Å². The third-order valence-corrected chi connectivity index (χ3v) is 3.80. The lowest BCUT2D eigenvalue weighted by atomic mass is 9.96. The van der Waals surface area contributed by atoms with Gasteiger partial charge in [-0.3, -0.25) is 9.59 Å². The van der Waals surface area contributed by atoms with Crippen molar-refractivity contribution in [1.82, 2.24) is 10.6 Å². The van der Waals surface area contributed by atoms with Crippen LogP contribution in [0.15, 0.2) is 0 Å². The Morgan fingerprint density at radius 3 is 2.35 bits per heavy atom. The normalized spacial score (nSPS) is 27.1. The molecule has 2 amide bonds. The van der Waals surface area contributed by atoms with Crippen molar-refractivity contribution in [2.45, 2.75) is 57.4 Å². The first-order chi connectivity index (χ1) is 8.25. The van der Waals surface area contributed by atoms with E-state index in [-0.39, 0.29) is 17.7 Å². The molecule has 1 saturated heterocycles. The summed E-state index contributed by atoms with van der Waals surface area (Å²) in [7, 11) is 0. The molecule has 96 valence electrons. The van der Waals surface area contributed by atoms with Crippen molar-refractivity contribution in [3.05, 3.63) is 0 Å². The molecule has 1 heterocycles. The average Bonchev–Trinajstić information content (AvgIpc) is 2.68. The molecule has 2 rings (SSSR count). The number of carbonyl (C=O) groups is 2. The van der Waals surface area contributed by atoms with Gasteiger partial charge in [-0.1, -0.05) is 32.1 Å². The SMILES string of the molecule is O=C1CC(C(=O)NC2CCCCCCC2)CN1. The van der Waals surface area contributed by atoms with E-state index in [2.05, 4.69) is 10.6 Å². The predicted molar refractivity (Wildman–Crippen MR) is 65.4 cm³/mol. The van der Waals surface area contributed by atoms with Gasteiger partial charge >= 0.3 is 0 Å². The minimum absolute atomic E-state index is 0.00261. The number of hydrogen-bond acceptors (Lipinski definition) is 2. The maximum Gasteiger partial charge on any atom is 0.225 e. The first kappa shape index (κ1) is 12.4. The quantitative estimate of drug-likeness (QED) is 0.763. The van der Waals surface area contributed by atoms with Crippen LogP contribution in [0.1, 0.15) is 51.4 Å². The maximum absolute atomic E-state index is 12.0. The van der Waals surface area contributed by atoms with Crippen molar-refractivity contribution in [3.63, 3.8) is 0 Å². The lowest BCUT2D eigenvalue weighted by Gasteiger charge is -2.22. The maximum atomic E-state index is 12.0. The third-order valence-electron chi connectivity index (χ3n) is 3.80. The molecule has 0 aromatic carbocycles. The topological polar surface area (TPSA) is 58.2 Å². The molecule has 2 N–H and O–H groups in total. The van der Waals surface area contributed by atoms with Gasteiger partial charge in [-0.25, -0.2) is 0 Å². The summed E-state index contributed by atoms with van der Waals surface area (Å²) in [5, 5.41) is 5.83. The Morgan fingerprint density at radius 1 is 1.12 bits per heavy atom. The van der Waals surface area contributed by atoms with Crippen LogP contribution < -0.4 is 10.6 Å². The molecule has 0 bridgehead atoms. The molecule has 1 saturated carbocycles. The molecule has 0 aromatic heterocycles. The van der Waals surface area contributed by atoms with Gasteiger partial charge in [0.25, 0.3) is 0 Å². The highest BCUT2D eigenvalue weighted by Crippen LogP contribution is 2.18. The predicted octanol–water partition coefficient (Wildman–Crippen LogP) is 1.35. The Labute approximate surface area is 103 Å². The molecule has 4 heteroatoms. The standard InChI is InChI=1S/C13H22N2O2/c16-12-8-10(9-14-12)13(17)15-11-6-4-2-1-3-5-7-11/h10-11H,1-9H2,(H,14,16)(H,15,17). The fourth-order valence-electron chi connectivity index (χ4n) is 2.71. The molecule has 2 fully saturated rings. The van der Waals surface area contributed by atoms with E-state index < -0.39 is 0 Å². The van der Waals surface area contributed by atoms with Crippen LogP contribution in [0.5, 0.6) is 0 Å². The van der Waals surface area contributed by atoms with E-state index >= 15 is 0 Å². The third kappa shape index (κ3) is 3.72. The summed E-state index contributed by atoms with van der Waals surface area (Å²) >= 11 is 0. The van der Waals surface area contributed by atoms with Crippen molar-refractivity contribution in [3.8, 4) is 0 Å². The van der Waals surface area contributed by atoms with Crippen LogP contribution in [0.4, 0.5) is 0 Å². The largest absolute Gasteiger partial charge is 0.355 e. The monoisotopic (exact) mass is 238 g/mol. The Bertz CT molecular complexity index is 283. The van der Waals surface area contributed by atoms with Gasteiger partial charge in [0.2, 0.25) is 11.8 Å². The molecule has 0 radical (unpaired) electrons.